The summed E-state index contributed by atoms with van der Waals surface area (Å²) in [5.41, 5.74) is 5.40. The van der Waals surface area contributed by atoms with E-state index in [1.165, 1.54) is 0 Å². The smallest absolute Gasteiger partial charge is 0.325 e. The molecule has 1 aromatic rings. The van der Waals surface area contributed by atoms with E-state index in [-0.39, 0.29) is 23.9 Å². The van der Waals surface area contributed by atoms with E-state index in [2.05, 4.69) is 4.18 Å². The first kappa shape index (κ1) is 14.2. The van der Waals surface area contributed by atoms with Crippen LogP contribution in [0.5, 0.6) is 23.0 Å². The molecule has 1 heterocycles. The van der Waals surface area contributed by atoms with E-state index in [1.807, 2.05) is 0 Å². The molecule has 20 heavy (non-hydrogen) atoms. The van der Waals surface area contributed by atoms with Crippen LogP contribution in [0.3, 0.4) is 0 Å². The SMILES string of the molecule is CS(=O)(=O)Oc1c(O)cc([C@H](N)C(=O)O)c2c1OCO2. The Morgan fingerprint density at radius 3 is 2.60 bits per heavy atom. The van der Waals surface area contributed by atoms with Crippen molar-refractivity contribution < 1.29 is 37.1 Å². The number of carboxylic acids is 1. The highest BCUT2D eigenvalue weighted by molar-refractivity contribution is 7.86. The van der Waals surface area contributed by atoms with E-state index in [4.69, 9.17) is 20.3 Å². The van der Waals surface area contributed by atoms with Crippen molar-refractivity contribution in [2.45, 2.75) is 6.04 Å². The van der Waals surface area contributed by atoms with Crippen molar-refractivity contribution in [3.8, 4) is 23.0 Å². The molecule has 0 amide bonds. The lowest BCUT2D eigenvalue weighted by Crippen LogP contribution is -2.21. The summed E-state index contributed by atoms with van der Waals surface area (Å²) in [6.07, 6.45) is 0.783. The van der Waals surface area contributed by atoms with Gasteiger partial charge in [0.1, 0.15) is 6.04 Å². The minimum absolute atomic E-state index is 0.0525. The molecule has 0 spiro atoms. The highest BCUT2D eigenvalue weighted by atomic mass is 32.2. The van der Waals surface area contributed by atoms with E-state index in [9.17, 15) is 18.3 Å². The largest absolute Gasteiger partial charge is 0.504 e. The Morgan fingerprint density at radius 1 is 1.45 bits per heavy atom. The molecule has 1 aliphatic heterocycles. The maximum Gasteiger partial charge on any atom is 0.325 e. The number of benzene rings is 1. The first-order valence-corrected chi connectivity index (χ1v) is 7.05. The molecular formula is C10H11NO8S. The molecule has 0 saturated heterocycles. The van der Waals surface area contributed by atoms with Gasteiger partial charge in [-0.15, -0.1) is 0 Å². The maximum absolute atomic E-state index is 11.1. The number of carboxylic acid groups (broad SMARTS) is 1. The van der Waals surface area contributed by atoms with Gasteiger partial charge in [-0.05, 0) is 6.07 Å². The summed E-state index contributed by atoms with van der Waals surface area (Å²) in [6, 6.07) is -0.504. The number of carbonyl (C=O) groups is 1. The summed E-state index contributed by atoms with van der Waals surface area (Å²) in [6.45, 7) is -0.280. The molecule has 1 aromatic carbocycles. The second-order valence-electron chi connectivity index (χ2n) is 3.98. The topological polar surface area (TPSA) is 145 Å². The molecule has 0 bridgehead atoms. The van der Waals surface area contributed by atoms with Crippen LogP contribution in [-0.2, 0) is 14.9 Å². The Hall–Kier alpha value is -2.20. The van der Waals surface area contributed by atoms with Crippen molar-refractivity contribution in [1.29, 1.82) is 0 Å². The molecule has 9 nitrogen and oxygen atoms in total. The van der Waals surface area contributed by atoms with Gasteiger partial charge < -0.3 is 29.6 Å². The summed E-state index contributed by atoms with van der Waals surface area (Å²) in [4.78, 5) is 10.9. The van der Waals surface area contributed by atoms with Gasteiger partial charge in [0.2, 0.25) is 18.3 Å². The fraction of sp³-hybridized carbons (Fsp3) is 0.300. The lowest BCUT2D eigenvalue weighted by Gasteiger charge is -2.14. The standard InChI is InChI=1S/C10H11NO8S/c1-20(15,16)19-8-5(12)2-4(6(11)10(13)14)7-9(8)18-3-17-7/h2,6,12H,3,11H2,1H3,(H,13,14)/t6-/m0/s1. The molecule has 0 unspecified atom stereocenters. The molecular weight excluding hydrogens is 294 g/mol. The van der Waals surface area contributed by atoms with Gasteiger partial charge in [0.05, 0.1) is 6.26 Å². The van der Waals surface area contributed by atoms with Crippen LogP contribution in [0.25, 0.3) is 0 Å². The van der Waals surface area contributed by atoms with Crippen LogP contribution in [0.2, 0.25) is 0 Å². The van der Waals surface area contributed by atoms with Crippen molar-refractivity contribution in [2.24, 2.45) is 5.73 Å². The first-order valence-electron chi connectivity index (χ1n) is 5.24. The fourth-order valence-corrected chi connectivity index (χ4v) is 2.12. The third-order valence-corrected chi connectivity index (χ3v) is 2.91. The quantitative estimate of drug-likeness (QED) is 0.629. The van der Waals surface area contributed by atoms with Crippen molar-refractivity contribution in [2.75, 3.05) is 13.0 Å². The number of ether oxygens (including phenoxy) is 2. The molecule has 0 aliphatic carbocycles. The van der Waals surface area contributed by atoms with Gasteiger partial charge in [-0.1, -0.05) is 0 Å². The van der Waals surface area contributed by atoms with Crippen molar-refractivity contribution >= 4 is 16.1 Å². The zero-order valence-electron chi connectivity index (χ0n) is 10.2. The average Bonchev–Trinajstić information content (AvgIpc) is 2.79. The third kappa shape index (κ3) is 2.56. The number of fused-ring (bicyclic) bond motifs is 1. The summed E-state index contributed by atoms with van der Waals surface area (Å²) < 4.78 is 36.9. The minimum Gasteiger partial charge on any atom is -0.504 e. The molecule has 4 N–H and O–H groups in total. The van der Waals surface area contributed by atoms with Crippen molar-refractivity contribution in [3.05, 3.63) is 11.6 Å². The Bertz CT molecular complexity index is 668. The monoisotopic (exact) mass is 305 g/mol. The predicted octanol–water partition coefficient (Wildman–Crippen LogP) is -0.456. The van der Waals surface area contributed by atoms with Crippen LogP contribution < -0.4 is 19.4 Å². The van der Waals surface area contributed by atoms with E-state index < -0.39 is 33.6 Å². The highest BCUT2D eigenvalue weighted by Gasteiger charge is 2.32. The molecule has 2 rings (SSSR count). The minimum atomic E-state index is -3.91. The summed E-state index contributed by atoms with van der Waals surface area (Å²) in [7, 11) is -3.91. The first-order chi connectivity index (χ1) is 9.20. The van der Waals surface area contributed by atoms with Crippen molar-refractivity contribution in [3.63, 3.8) is 0 Å². The Morgan fingerprint density at radius 2 is 2.05 bits per heavy atom. The number of rotatable bonds is 4. The lowest BCUT2D eigenvalue weighted by molar-refractivity contribution is -0.138. The normalized spacial score (nSPS) is 14.9. The van der Waals surface area contributed by atoms with Crippen LogP contribution in [0.4, 0.5) is 0 Å². The van der Waals surface area contributed by atoms with Crippen LogP contribution >= 0.6 is 0 Å². The van der Waals surface area contributed by atoms with E-state index >= 15 is 0 Å². The Labute approximate surface area is 113 Å². The van der Waals surface area contributed by atoms with Gasteiger partial charge in [-0.2, -0.15) is 8.42 Å². The summed E-state index contributed by atoms with van der Waals surface area (Å²) >= 11 is 0. The zero-order valence-corrected chi connectivity index (χ0v) is 11.0. The second kappa shape index (κ2) is 4.72. The number of phenols is 1. The molecule has 110 valence electrons. The predicted molar refractivity (Wildman–Crippen MR) is 64.3 cm³/mol. The van der Waals surface area contributed by atoms with E-state index in [0.29, 0.717) is 0 Å². The van der Waals surface area contributed by atoms with Gasteiger partial charge in [-0.25, -0.2) is 0 Å². The van der Waals surface area contributed by atoms with Crippen LogP contribution in [0.15, 0.2) is 6.07 Å². The van der Waals surface area contributed by atoms with E-state index in [1.54, 1.807) is 0 Å². The van der Waals surface area contributed by atoms with Gasteiger partial charge in [0.15, 0.2) is 11.5 Å². The number of aliphatic carboxylic acids is 1. The van der Waals surface area contributed by atoms with Crippen molar-refractivity contribution in [1.82, 2.24) is 0 Å². The van der Waals surface area contributed by atoms with Crippen LogP contribution in [0.1, 0.15) is 11.6 Å². The molecule has 0 aromatic heterocycles. The molecule has 10 heteroatoms. The number of hydrogen-bond acceptors (Lipinski definition) is 8. The van der Waals surface area contributed by atoms with Gasteiger partial charge in [-0.3, -0.25) is 4.79 Å². The molecule has 1 aliphatic rings. The maximum atomic E-state index is 11.1. The van der Waals surface area contributed by atoms with Gasteiger partial charge in [0, 0.05) is 5.56 Å². The van der Waals surface area contributed by atoms with Gasteiger partial charge in [0.25, 0.3) is 0 Å². The number of hydrogen-bond donors (Lipinski definition) is 3. The number of phenolic OH excluding ortho intramolecular Hbond substituents is 1. The molecule has 0 saturated carbocycles. The average molecular weight is 305 g/mol. The zero-order chi connectivity index (χ0) is 15.1. The Kier molecular flexibility index (Phi) is 3.36. The van der Waals surface area contributed by atoms with Crippen LogP contribution in [0, 0.1) is 0 Å². The molecule has 0 fully saturated rings. The van der Waals surface area contributed by atoms with Crippen LogP contribution in [-0.4, -0.2) is 37.6 Å². The fourth-order valence-electron chi connectivity index (χ4n) is 1.65. The summed E-state index contributed by atoms with van der Waals surface area (Å²) in [5, 5.41) is 18.7. The van der Waals surface area contributed by atoms with Gasteiger partial charge >= 0.3 is 16.1 Å². The third-order valence-electron chi connectivity index (χ3n) is 2.44. The molecule has 0 radical (unpaired) electrons. The summed E-state index contributed by atoms with van der Waals surface area (Å²) in [5.74, 6) is -2.72. The van der Waals surface area contributed by atoms with E-state index in [0.717, 1.165) is 12.3 Å². The second-order valence-corrected chi connectivity index (χ2v) is 5.56. The number of nitrogens with two attached hydrogens (primary N) is 1. The highest BCUT2D eigenvalue weighted by Crippen LogP contribution is 2.50. The lowest BCUT2D eigenvalue weighted by atomic mass is 10.0. The molecule has 1 atom stereocenters. The number of aromatic hydroxyl groups is 1. The Balaban J connectivity index is 2.60.